The Balaban J connectivity index is 0. The highest BCUT2D eigenvalue weighted by Gasteiger charge is 2.13. The monoisotopic (exact) mass is 614 g/mol. The van der Waals surface area contributed by atoms with E-state index >= 15 is 0 Å². The third kappa shape index (κ3) is 20.1. The van der Waals surface area contributed by atoms with Crippen molar-refractivity contribution in [2.75, 3.05) is 29.9 Å². The Morgan fingerprint density at radius 1 is 0.800 bits per heavy atom. The van der Waals surface area contributed by atoms with Crippen molar-refractivity contribution < 1.29 is 0 Å². The molecule has 0 aliphatic carbocycles. The number of aryl methyl sites for hydroxylation is 2. The highest BCUT2D eigenvalue weighted by Crippen LogP contribution is 2.31. The molecule has 3 heteroatoms. The summed E-state index contributed by atoms with van der Waals surface area (Å²) in [5.41, 5.74) is 9.16. The first-order chi connectivity index (χ1) is 21.7. The minimum absolute atomic E-state index is 0.916. The van der Waals surface area contributed by atoms with Gasteiger partial charge in [0.15, 0.2) is 0 Å². The van der Waals surface area contributed by atoms with E-state index in [0.717, 1.165) is 67.1 Å². The molecule has 0 aliphatic heterocycles. The molecule has 0 fully saturated rings. The van der Waals surface area contributed by atoms with Gasteiger partial charge in [-0.1, -0.05) is 128 Å². The van der Waals surface area contributed by atoms with Crippen LogP contribution in [0, 0.1) is 26.7 Å². The molecule has 3 nitrogen and oxygen atoms in total. The van der Waals surface area contributed by atoms with Crippen LogP contribution in [-0.2, 0) is 0 Å². The summed E-state index contributed by atoms with van der Waals surface area (Å²) in [7, 11) is 0. The summed E-state index contributed by atoms with van der Waals surface area (Å²) < 4.78 is 0. The van der Waals surface area contributed by atoms with Gasteiger partial charge in [0.1, 0.15) is 0 Å². The van der Waals surface area contributed by atoms with E-state index in [0.29, 0.717) is 0 Å². The number of hydrogen-bond donors (Lipinski definition) is 2. The fraction of sp³-hybridized carbons (Fsp3) is 0.476. The molecule has 0 bridgehead atoms. The second-order valence-electron chi connectivity index (χ2n) is 11.2. The fourth-order valence-corrected chi connectivity index (χ4v) is 4.28. The van der Waals surface area contributed by atoms with Gasteiger partial charge in [-0.15, -0.1) is 12.8 Å². The minimum Gasteiger partial charge on any atom is -0.385 e. The lowest BCUT2D eigenvalue weighted by atomic mass is 10.1. The molecule has 0 amide bonds. The third-order valence-electron chi connectivity index (χ3n) is 7.22. The lowest BCUT2D eigenvalue weighted by molar-refractivity contribution is 0.702. The highest BCUT2D eigenvalue weighted by molar-refractivity contribution is 5.78. The first kappa shape index (κ1) is 43.5. The third-order valence-corrected chi connectivity index (χ3v) is 7.22. The summed E-state index contributed by atoms with van der Waals surface area (Å²) in [4.78, 5) is 2.46. The quantitative estimate of drug-likeness (QED) is 0.106. The van der Waals surface area contributed by atoms with Crippen molar-refractivity contribution in [2.24, 2.45) is 0 Å². The normalized spacial score (nSPS) is 10.3. The molecule has 2 rings (SSSR count). The lowest BCUT2D eigenvalue weighted by Crippen LogP contribution is -2.26. The Morgan fingerprint density at radius 3 is 1.78 bits per heavy atom. The number of anilines is 2. The first-order valence-electron chi connectivity index (χ1n) is 17.1. The Morgan fingerprint density at radius 2 is 1.33 bits per heavy atom. The molecule has 0 aliphatic rings. The molecular weight excluding hydrogens is 546 g/mol. The van der Waals surface area contributed by atoms with Crippen LogP contribution in [0.25, 0.3) is 5.70 Å². The van der Waals surface area contributed by atoms with Gasteiger partial charge in [0.2, 0.25) is 0 Å². The van der Waals surface area contributed by atoms with Crippen LogP contribution < -0.4 is 15.5 Å². The second kappa shape index (κ2) is 29.1. The number of allylic oxidation sites excluding steroid dienone is 4. The number of rotatable bonds is 17. The van der Waals surface area contributed by atoms with Crippen LogP contribution >= 0.6 is 0 Å². The predicted octanol–water partition coefficient (Wildman–Crippen LogP) is 12.3. The molecule has 0 atom stereocenters. The molecule has 250 valence electrons. The summed E-state index contributed by atoms with van der Waals surface area (Å²) in [6.07, 6.45) is 24.2. The standard InChI is InChI=1S/C26H41N3.C8H10.C6H14.C2H2/c1-8-12-14-21(5)22(6)28-25-20-24(23(7)27-17-13-9-2)15-16-26(25)29(18-10-3)19-11-4;1-7-5-3-4-6-8(7)2;1-3-5-6-4-2;1-2/h8,12,14-16,20,27-28H,6-7,9-11,13,17-19H2,1-5H3;3-6H,1-2H3;3-6H2,1-2H3;1-2H/b12-8-,21-14+;;;. The summed E-state index contributed by atoms with van der Waals surface area (Å²) in [5.74, 6) is 0. The maximum absolute atomic E-state index is 4.26. The Hall–Kier alpha value is -3.64. The van der Waals surface area contributed by atoms with Crippen LogP contribution in [0.15, 0.2) is 85.1 Å². The van der Waals surface area contributed by atoms with Gasteiger partial charge in [-0.05, 0) is 81.4 Å². The van der Waals surface area contributed by atoms with E-state index < -0.39 is 0 Å². The van der Waals surface area contributed by atoms with E-state index in [-0.39, 0.29) is 0 Å². The molecular formula is C42H67N3. The smallest absolute Gasteiger partial charge is 0.0628 e. The summed E-state index contributed by atoms with van der Waals surface area (Å²) in [6, 6.07) is 14.9. The van der Waals surface area contributed by atoms with Crippen molar-refractivity contribution in [3.05, 3.63) is 102 Å². The van der Waals surface area contributed by atoms with Crippen LogP contribution in [0.1, 0.15) is 117 Å². The molecule has 0 heterocycles. The van der Waals surface area contributed by atoms with E-state index in [1.165, 1.54) is 48.9 Å². The molecule has 0 saturated carbocycles. The Bertz CT molecular complexity index is 1100. The minimum atomic E-state index is 0.916. The largest absolute Gasteiger partial charge is 0.385 e. The summed E-state index contributed by atoms with van der Waals surface area (Å²) in [5, 5.41) is 7.02. The zero-order valence-electron chi connectivity index (χ0n) is 30.6. The van der Waals surface area contributed by atoms with Crippen LogP contribution in [-0.4, -0.2) is 19.6 Å². The SMILES string of the molecule is C#C.C=C(Nc1cc(C(=C)NCCCC)ccc1N(CCC)CCC)/C(C)=C/C=C\C.CCCCCC.Cc1ccccc1C. The molecule has 0 saturated heterocycles. The Kier molecular flexibility index (Phi) is 28.1. The van der Waals surface area contributed by atoms with Crippen molar-refractivity contribution in [1.82, 2.24) is 5.32 Å². The van der Waals surface area contributed by atoms with Crippen molar-refractivity contribution in [2.45, 2.75) is 114 Å². The van der Waals surface area contributed by atoms with E-state index in [1.807, 2.05) is 19.1 Å². The van der Waals surface area contributed by atoms with Gasteiger partial charge in [-0.3, -0.25) is 0 Å². The van der Waals surface area contributed by atoms with Crippen molar-refractivity contribution >= 4 is 17.1 Å². The van der Waals surface area contributed by atoms with E-state index in [4.69, 9.17) is 0 Å². The van der Waals surface area contributed by atoms with E-state index in [9.17, 15) is 0 Å². The summed E-state index contributed by atoms with van der Waals surface area (Å²) in [6.45, 7) is 31.0. The molecule has 0 spiro atoms. The van der Waals surface area contributed by atoms with Gasteiger partial charge < -0.3 is 15.5 Å². The molecule has 0 radical (unpaired) electrons. The number of terminal acetylenes is 1. The number of benzene rings is 2. The zero-order chi connectivity index (χ0) is 34.5. The van der Waals surface area contributed by atoms with E-state index in [2.05, 4.69) is 145 Å². The maximum Gasteiger partial charge on any atom is 0.0628 e. The average Bonchev–Trinajstić information content (AvgIpc) is 3.05. The highest BCUT2D eigenvalue weighted by atomic mass is 15.1. The van der Waals surface area contributed by atoms with Crippen molar-refractivity contribution in [3.63, 3.8) is 0 Å². The summed E-state index contributed by atoms with van der Waals surface area (Å²) >= 11 is 0. The van der Waals surface area contributed by atoms with Crippen molar-refractivity contribution in [1.29, 1.82) is 0 Å². The predicted molar refractivity (Wildman–Crippen MR) is 208 cm³/mol. The van der Waals surface area contributed by atoms with Gasteiger partial charge in [-0.2, -0.15) is 0 Å². The molecule has 0 unspecified atom stereocenters. The van der Waals surface area contributed by atoms with Crippen LogP contribution in [0.3, 0.4) is 0 Å². The first-order valence-corrected chi connectivity index (χ1v) is 17.1. The number of unbranched alkanes of at least 4 members (excludes halogenated alkanes) is 4. The molecule has 2 N–H and O–H groups in total. The molecule has 45 heavy (non-hydrogen) atoms. The fourth-order valence-electron chi connectivity index (χ4n) is 4.28. The van der Waals surface area contributed by atoms with Crippen LogP contribution in [0.5, 0.6) is 0 Å². The average molecular weight is 614 g/mol. The van der Waals surface area contributed by atoms with Crippen molar-refractivity contribution in [3.8, 4) is 12.8 Å². The van der Waals surface area contributed by atoms with E-state index in [1.54, 1.807) is 0 Å². The van der Waals surface area contributed by atoms with Crippen LogP contribution in [0.4, 0.5) is 11.4 Å². The van der Waals surface area contributed by atoms with Gasteiger partial charge in [0.05, 0.1) is 11.4 Å². The maximum atomic E-state index is 4.26. The molecule has 2 aromatic rings. The number of nitrogens with zero attached hydrogens (tertiary/aromatic N) is 1. The lowest BCUT2D eigenvalue weighted by Gasteiger charge is -2.28. The molecule has 2 aromatic carbocycles. The second-order valence-corrected chi connectivity index (χ2v) is 11.2. The number of nitrogens with one attached hydrogen (secondary N) is 2. The van der Waals surface area contributed by atoms with Gasteiger partial charge >= 0.3 is 0 Å². The molecule has 0 aromatic heterocycles. The Labute approximate surface area is 280 Å². The van der Waals surface area contributed by atoms with Gasteiger partial charge in [-0.25, -0.2) is 0 Å². The number of hydrogen-bond acceptors (Lipinski definition) is 3. The topological polar surface area (TPSA) is 27.3 Å². The van der Waals surface area contributed by atoms with Gasteiger partial charge in [0, 0.05) is 31.0 Å². The zero-order valence-corrected chi connectivity index (χ0v) is 30.6. The van der Waals surface area contributed by atoms with Crippen LogP contribution in [0.2, 0.25) is 0 Å². The van der Waals surface area contributed by atoms with Gasteiger partial charge in [0.25, 0.3) is 0 Å².